The number of nitrogens with one attached hydrogen (secondary N) is 2. The van der Waals surface area contributed by atoms with Gasteiger partial charge in [-0.2, -0.15) is 17.5 Å². The van der Waals surface area contributed by atoms with Crippen molar-refractivity contribution in [2.24, 2.45) is 0 Å². The van der Waals surface area contributed by atoms with Crippen LogP contribution in [0.3, 0.4) is 0 Å². The summed E-state index contributed by atoms with van der Waals surface area (Å²) in [7, 11) is -3.86. The average Bonchev–Trinajstić information content (AvgIpc) is 3.56. The standard InChI is InChI=1S/C24H28ClF3N6O4S/c25-21-11-16(24(26,27)28)12-22(31-21)32-7-9-33(10-8-32)39(36,37)20-3-1-18(2-4-20)34-15-19(38-23(34)35)14-30-17-5-6-29-13-17/h1-4,11-12,17,19,29-30H,5-10,13-15H2. The molecule has 2 atom stereocenters. The molecule has 0 aliphatic carbocycles. The third kappa shape index (κ3) is 6.24. The van der Waals surface area contributed by atoms with E-state index in [1.165, 1.54) is 21.3 Å². The van der Waals surface area contributed by atoms with Gasteiger partial charge in [0.25, 0.3) is 0 Å². The molecule has 39 heavy (non-hydrogen) atoms. The minimum absolute atomic E-state index is 0.0436. The molecule has 0 saturated carbocycles. The number of alkyl halides is 3. The van der Waals surface area contributed by atoms with Crippen molar-refractivity contribution in [1.82, 2.24) is 19.9 Å². The maximum atomic E-state index is 13.2. The molecule has 212 valence electrons. The number of rotatable bonds is 7. The van der Waals surface area contributed by atoms with Crippen molar-refractivity contribution in [2.45, 2.75) is 29.6 Å². The summed E-state index contributed by atoms with van der Waals surface area (Å²) in [6.07, 6.45) is -4.35. The molecule has 0 bridgehead atoms. The molecule has 0 spiro atoms. The van der Waals surface area contributed by atoms with E-state index in [-0.39, 0.29) is 48.1 Å². The fraction of sp³-hybridized carbons (Fsp3) is 0.500. The zero-order valence-electron chi connectivity index (χ0n) is 20.8. The lowest BCUT2D eigenvalue weighted by Gasteiger charge is -2.35. The summed E-state index contributed by atoms with van der Waals surface area (Å²) in [6.45, 7) is 3.14. The van der Waals surface area contributed by atoms with Crippen molar-refractivity contribution in [3.63, 3.8) is 0 Å². The van der Waals surface area contributed by atoms with E-state index in [2.05, 4.69) is 15.6 Å². The van der Waals surface area contributed by atoms with Gasteiger partial charge in [-0.05, 0) is 49.4 Å². The van der Waals surface area contributed by atoms with E-state index >= 15 is 0 Å². The lowest BCUT2D eigenvalue weighted by Crippen LogP contribution is -2.49. The number of carbonyl (C=O) groups is 1. The van der Waals surface area contributed by atoms with Crippen LogP contribution in [0.15, 0.2) is 41.3 Å². The molecule has 2 N–H and O–H groups in total. The molecule has 2 aromatic rings. The van der Waals surface area contributed by atoms with E-state index in [0.717, 1.165) is 31.6 Å². The number of amides is 1. The third-order valence-electron chi connectivity index (χ3n) is 7.03. The lowest BCUT2D eigenvalue weighted by molar-refractivity contribution is -0.137. The first-order chi connectivity index (χ1) is 18.5. The number of cyclic esters (lactones) is 1. The highest BCUT2D eigenvalue weighted by atomic mass is 35.5. The van der Waals surface area contributed by atoms with Gasteiger partial charge in [0, 0.05) is 51.0 Å². The number of hydrogen-bond acceptors (Lipinski definition) is 8. The van der Waals surface area contributed by atoms with E-state index in [1.54, 1.807) is 17.0 Å². The Bertz CT molecular complexity index is 1300. The molecule has 2 unspecified atom stereocenters. The van der Waals surface area contributed by atoms with Crippen LogP contribution >= 0.6 is 11.6 Å². The predicted molar refractivity (Wildman–Crippen MR) is 139 cm³/mol. The van der Waals surface area contributed by atoms with E-state index in [9.17, 15) is 26.4 Å². The molecule has 5 rings (SSSR count). The van der Waals surface area contributed by atoms with Crippen molar-refractivity contribution in [2.75, 3.05) is 62.2 Å². The fourth-order valence-electron chi connectivity index (χ4n) is 4.88. The summed E-state index contributed by atoms with van der Waals surface area (Å²) in [5.41, 5.74) is -0.385. The van der Waals surface area contributed by atoms with Gasteiger partial charge in [-0.1, -0.05) is 11.6 Å². The van der Waals surface area contributed by atoms with Crippen LogP contribution in [0.5, 0.6) is 0 Å². The van der Waals surface area contributed by atoms with Crippen molar-refractivity contribution >= 4 is 39.2 Å². The number of aromatic nitrogens is 1. The minimum Gasteiger partial charge on any atom is -0.443 e. The van der Waals surface area contributed by atoms with Crippen LogP contribution in [0, 0.1) is 0 Å². The molecule has 0 radical (unpaired) electrons. The summed E-state index contributed by atoms with van der Waals surface area (Å²) < 4.78 is 72.7. The summed E-state index contributed by atoms with van der Waals surface area (Å²) in [5.74, 6) is 0.0436. The van der Waals surface area contributed by atoms with Gasteiger partial charge in [-0.25, -0.2) is 18.2 Å². The van der Waals surface area contributed by atoms with Crippen molar-refractivity contribution in [1.29, 1.82) is 0 Å². The number of piperazine rings is 1. The normalized spacial score (nSPS) is 22.9. The Morgan fingerprint density at radius 1 is 1.13 bits per heavy atom. The highest BCUT2D eigenvalue weighted by molar-refractivity contribution is 7.89. The monoisotopic (exact) mass is 588 g/mol. The van der Waals surface area contributed by atoms with Gasteiger partial charge in [0.05, 0.1) is 17.0 Å². The van der Waals surface area contributed by atoms with Crippen LogP contribution in [-0.4, -0.2) is 88.3 Å². The molecule has 1 aromatic carbocycles. The molecule has 3 aliphatic heterocycles. The number of nitrogens with zero attached hydrogens (tertiary/aromatic N) is 4. The number of sulfonamides is 1. The fourth-order valence-corrected chi connectivity index (χ4v) is 6.51. The van der Waals surface area contributed by atoms with Crippen LogP contribution in [0.4, 0.5) is 29.5 Å². The molecule has 3 saturated heterocycles. The second-order valence-electron chi connectivity index (χ2n) is 9.63. The molecule has 4 heterocycles. The van der Waals surface area contributed by atoms with Crippen LogP contribution in [0.2, 0.25) is 5.15 Å². The summed E-state index contributed by atoms with van der Waals surface area (Å²) in [6, 6.07) is 8.02. The summed E-state index contributed by atoms with van der Waals surface area (Å²) >= 11 is 5.79. The molecule has 1 aromatic heterocycles. The van der Waals surface area contributed by atoms with Crippen LogP contribution < -0.4 is 20.4 Å². The third-order valence-corrected chi connectivity index (χ3v) is 9.13. The first-order valence-corrected chi connectivity index (χ1v) is 14.3. The van der Waals surface area contributed by atoms with Crippen molar-refractivity contribution in [3.8, 4) is 0 Å². The second-order valence-corrected chi connectivity index (χ2v) is 12.0. The lowest BCUT2D eigenvalue weighted by atomic mass is 10.2. The molecule has 3 fully saturated rings. The number of halogens is 4. The van der Waals surface area contributed by atoms with E-state index in [0.29, 0.717) is 24.8 Å². The largest absolute Gasteiger partial charge is 0.443 e. The first kappa shape index (κ1) is 27.9. The maximum absolute atomic E-state index is 13.2. The Balaban J connectivity index is 1.19. The van der Waals surface area contributed by atoms with Gasteiger partial charge in [0.15, 0.2) is 0 Å². The van der Waals surface area contributed by atoms with E-state index in [1.807, 2.05) is 0 Å². The SMILES string of the molecule is O=C1OC(CNC2CCNC2)CN1c1ccc(S(=O)(=O)N2CCN(c3cc(C(F)(F)F)cc(Cl)n3)CC2)cc1. The Kier molecular flexibility index (Phi) is 7.93. The van der Waals surface area contributed by atoms with Crippen LogP contribution in [0.1, 0.15) is 12.0 Å². The quantitative estimate of drug-likeness (QED) is 0.476. The van der Waals surface area contributed by atoms with Gasteiger partial charge in [0.1, 0.15) is 17.1 Å². The number of hydrogen-bond donors (Lipinski definition) is 2. The Hall–Kier alpha value is -2.65. The topological polar surface area (TPSA) is 107 Å². The average molecular weight is 589 g/mol. The smallest absolute Gasteiger partial charge is 0.416 e. The van der Waals surface area contributed by atoms with Crippen LogP contribution in [-0.2, 0) is 20.9 Å². The predicted octanol–water partition coefficient (Wildman–Crippen LogP) is 2.54. The highest BCUT2D eigenvalue weighted by Crippen LogP contribution is 2.33. The summed E-state index contributed by atoms with van der Waals surface area (Å²) in [4.78, 5) is 19.5. The number of carbonyl (C=O) groups excluding carboxylic acids is 1. The van der Waals surface area contributed by atoms with Crippen molar-refractivity contribution in [3.05, 3.63) is 47.1 Å². The number of anilines is 2. The number of benzene rings is 1. The number of ether oxygens (including phenoxy) is 1. The van der Waals surface area contributed by atoms with Gasteiger partial charge in [-0.3, -0.25) is 4.90 Å². The Labute approximate surface area is 229 Å². The molecule has 10 nitrogen and oxygen atoms in total. The zero-order valence-corrected chi connectivity index (χ0v) is 22.4. The zero-order chi connectivity index (χ0) is 27.8. The highest BCUT2D eigenvalue weighted by Gasteiger charge is 2.35. The van der Waals surface area contributed by atoms with E-state index in [4.69, 9.17) is 16.3 Å². The second kappa shape index (κ2) is 11.1. The molecule has 3 aliphatic rings. The van der Waals surface area contributed by atoms with Crippen LogP contribution in [0.25, 0.3) is 0 Å². The molecule has 1 amide bonds. The molecule has 15 heteroatoms. The van der Waals surface area contributed by atoms with Gasteiger partial charge in [-0.15, -0.1) is 0 Å². The van der Waals surface area contributed by atoms with E-state index < -0.39 is 27.9 Å². The van der Waals surface area contributed by atoms with Crippen molar-refractivity contribution < 1.29 is 31.1 Å². The summed E-state index contributed by atoms with van der Waals surface area (Å²) in [5, 5.41) is 6.38. The molecular formula is C24H28ClF3N6O4S. The van der Waals surface area contributed by atoms with Gasteiger partial charge in [0.2, 0.25) is 10.0 Å². The maximum Gasteiger partial charge on any atom is 0.416 e. The van der Waals surface area contributed by atoms with Gasteiger partial charge < -0.3 is 20.3 Å². The first-order valence-electron chi connectivity index (χ1n) is 12.5. The Morgan fingerprint density at radius 2 is 1.85 bits per heavy atom. The van der Waals surface area contributed by atoms with Gasteiger partial charge >= 0.3 is 12.3 Å². The molecular weight excluding hydrogens is 561 g/mol. The Morgan fingerprint density at radius 3 is 2.49 bits per heavy atom. The number of pyridine rings is 1. The minimum atomic E-state index is -4.57.